The molecule has 27 heavy (non-hydrogen) atoms. The van der Waals surface area contributed by atoms with Crippen molar-refractivity contribution in [1.82, 2.24) is 9.88 Å². The first-order valence-electron chi connectivity index (χ1n) is 8.14. The molecule has 0 aliphatic heterocycles. The molecule has 0 N–H and O–H groups in total. The van der Waals surface area contributed by atoms with Gasteiger partial charge in [0.25, 0.3) is 5.91 Å². The second kappa shape index (κ2) is 9.34. The zero-order valence-electron chi connectivity index (χ0n) is 15.2. The minimum atomic E-state index is -0.0593. The summed E-state index contributed by atoms with van der Waals surface area (Å²) in [6.07, 6.45) is 0. The average Bonchev–Trinajstić information content (AvgIpc) is 2.98. The van der Waals surface area contributed by atoms with Crippen molar-refractivity contribution in [2.75, 3.05) is 32.1 Å². The predicted octanol–water partition coefficient (Wildman–Crippen LogP) is 5.65. The summed E-state index contributed by atoms with van der Waals surface area (Å²) in [5.41, 5.74) is 2.54. The van der Waals surface area contributed by atoms with Crippen LogP contribution in [-0.4, -0.2) is 43.0 Å². The normalized spacial score (nSPS) is 10.9. The molecule has 1 aromatic heterocycles. The van der Waals surface area contributed by atoms with E-state index in [1.165, 1.54) is 11.3 Å². The lowest BCUT2D eigenvalue weighted by atomic mass is 10.2. The molecule has 0 radical (unpaired) electrons. The first-order valence-corrected chi connectivity index (χ1v) is 10.1. The van der Waals surface area contributed by atoms with Crippen LogP contribution in [0.5, 0.6) is 0 Å². The van der Waals surface area contributed by atoms with Gasteiger partial charge in [0.15, 0.2) is 5.13 Å². The molecular formula is C19H20BrCl2N3OS. The van der Waals surface area contributed by atoms with E-state index in [1.54, 1.807) is 4.90 Å². The summed E-state index contributed by atoms with van der Waals surface area (Å²) in [7, 11) is 3.98. The molecule has 4 nitrogen and oxygen atoms in total. The standard InChI is InChI=1S/C19H19BrClN3OS.ClH/c1-12-9-15(21)11-16-17(12)22-19(26-16)24(8-7-23(2)3)18(25)13-5-4-6-14(20)10-13;/h4-6,9-11H,7-8H2,1-3H3;1H. The van der Waals surface area contributed by atoms with E-state index in [0.29, 0.717) is 22.3 Å². The Morgan fingerprint density at radius 3 is 2.63 bits per heavy atom. The van der Waals surface area contributed by atoms with E-state index in [-0.39, 0.29) is 18.3 Å². The fourth-order valence-electron chi connectivity index (χ4n) is 2.62. The van der Waals surface area contributed by atoms with E-state index in [1.807, 2.05) is 57.4 Å². The van der Waals surface area contributed by atoms with Crippen LogP contribution in [0.25, 0.3) is 10.2 Å². The van der Waals surface area contributed by atoms with E-state index in [0.717, 1.165) is 26.8 Å². The minimum Gasteiger partial charge on any atom is -0.308 e. The maximum Gasteiger partial charge on any atom is 0.260 e. The van der Waals surface area contributed by atoms with E-state index < -0.39 is 0 Å². The average molecular weight is 489 g/mol. The molecule has 0 aliphatic rings. The SMILES string of the molecule is Cc1cc(Cl)cc2sc(N(CCN(C)C)C(=O)c3cccc(Br)c3)nc12.Cl. The van der Waals surface area contributed by atoms with Gasteiger partial charge >= 0.3 is 0 Å². The van der Waals surface area contributed by atoms with E-state index in [4.69, 9.17) is 16.6 Å². The fourth-order valence-corrected chi connectivity index (χ4v) is 4.46. The number of benzene rings is 2. The minimum absolute atomic E-state index is 0. The lowest BCUT2D eigenvalue weighted by Gasteiger charge is -2.22. The first kappa shape index (κ1) is 22.1. The van der Waals surface area contributed by atoms with Gasteiger partial charge in [0.05, 0.1) is 10.2 Å². The molecule has 1 amide bonds. The number of anilines is 1. The van der Waals surface area contributed by atoms with Crippen molar-refractivity contribution in [2.24, 2.45) is 0 Å². The van der Waals surface area contributed by atoms with Gasteiger partial charge in [0.2, 0.25) is 0 Å². The smallest absolute Gasteiger partial charge is 0.260 e. The number of thiazole rings is 1. The summed E-state index contributed by atoms with van der Waals surface area (Å²) in [6.45, 7) is 3.29. The third-order valence-electron chi connectivity index (χ3n) is 3.96. The number of aryl methyl sites for hydroxylation is 1. The molecule has 3 aromatic rings. The van der Waals surface area contributed by atoms with Gasteiger partial charge in [-0.3, -0.25) is 9.69 Å². The van der Waals surface area contributed by atoms with Gasteiger partial charge in [-0.1, -0.05) is 44.9 Å². The number of hydrogen-bond donors (Lipinski definition) is 0. The molecule has 0 saturated carbocycles. The van der Waals surface area contributed by atoms with Crippen LogP contribution in [0, 0.1) is 6.92 Å². The molecule has 1 heterocycles. The number of amides is 1. The molecule has 2 aromatic carbocycles. The Morgan fingerprint density at radius 1 is 1.22 bits per heavy atom. The van der Waals surface area contributed by atoms with Crippen LogP contribution in [0.15, 0.2) is 40.9 Å². The van der Waals surface area contributed by atoms with Crippen molar-refractivity contribution in [3.05, 3.63) is 57.0 Å². The zero-order chi connectivity index (χ0) is 18.8. The number of carbonyl (C=O) groups excluding carboxylic acids is 1. The largest absolute Gasteiger partial charge is 0.308 e. The Bertz CT molecular complexity index is 961. The Morgan fingerprint density at radius 2 is 1.96 bits per heavy atom. The number of rotatable bonds is 5. The van der Waals surface area contributed by atoms with Gasteiger partial charge in [-0.2, -0.15) is 0 Å². The highest BCUT2D eigenvalue weighted by atomic mass is 79.9. The van der Waals surface area contributed by atoms with Gasteiger partial charge < -0.3 is 4.90 Å². The van der Waals surface area contributed by atoms with E-state index in [9.17, 15) is 4.79 Å². The van der Waals surface area contributed by atoms with Crippen molar-refractivity contribution in [2.45, 2.75) is 6.92 Å². The number of hydrogen-bond acceptors (Lipinski definition) is 4. The van der Waals surface area contributed by atoms with Crippen LogP contribution in [0.4, 0.5) is 5.13 Å². The highest BCUT2D eigenvalue weighted by Gasteiger charge is 2.22. The Kier molecular flexibility index (Phi) is 7.65. The van der Waals surface area contributed by atoms with Crippen LogP contribution in [-0.2, 0) is 0 Å². The molecular weight excluding hydrogens is 469 g/mol. The summed E-state index contributed by atoms with van der Waals surface area (Å²) >= 11 is 11.1. The molecule has 0 atom stereocenters. The summed E-state index contributed by atoms with van der Waals surface area (Å²) < 4.78 is 1.87. The van der Waals surface area contributed by atoms with Gasteiger partial charge in [0.1, 0.15) is 0 Å². The number of nitrogens with zero attached hydrogens (tertiary/aromatic N) is 3. The van der Waals surface area contributed by atoms with Gasteiger partial charge in [-0.15, -0.1) is 12.4 Å². The Balaban J connectivity index is 0.00000261. The van der Waals surface area contributed by atoms with Gasteiger partial charge in [-0.25, -0.2) is 4.98 Å². The lowest BCUT2D eigenvalue weighted by Crippen LogP contribution is -2.36. The molecule has 8 heteroatoms. The van der Waals surface area contributed by atoms with E-state index >= 15 is 0 Å². The van der Waals surface area contributed by atoms with Crippen molar-refractivity contribution in [3.8, 4) is 0 Å². The molecule has 0 unspecified atom stereocenters. The maximum absolute atomic E-state index is 13.2. The Labute approximate surface area is 182 Å². The monoisotopic (exact) mass is 487 g/mol. The number of fused-ring (bicyclic) bond motifs is 1. The number of halogens is 3. The number of aromatic nitrogens is 1. The topological polar surface area (TPSA) is 36.4 Å². The molecule has 0 saturated heterocycles. The third kappa shape index (κ3) is 5.21. The summed E-state index contributed by atoms with van der Waals surface area (Å²) in [4.78, 5) is 21.7. The summed E-state index contributed by atoms with van der Waals surface area (Å²) in [6, 6.07) is 11.2. The second-order valence-electron chi connectivity index (χ2n) is 6.34. The lowest BCUT2D eigenvalue weighted by molar-refractivity contribution is 0.0985. The predicted molar refractivity (Wildman–Crippen MR) is 121 cm³/mol. The third-order valence-corrected chi connectivity index (χ3v) is 5.69. The van der Waals surface area contributed by atoms with Crippen molar-refractivity contribution in [1.29, 1.82) is 0 Å². The number of likely N-dealkylation sites (N-methyl/N-ethyl adjacent to an activating group) is 1. The molecule has 3 rings (SSSR count). The van der Waals surface area contributed by atoms with Crippen LogP contribution in [0.1, 0.15) is 15.9 Å². The van der Waals surface area contributed by atoms with Gasteiger partial charge in [0, 0.05) is 28.1 Å². The van der Waals surface area contributed by atoms with Crippen LogP contribution in [0.3, 0.4) is 0 Å². The fraction of sp³-hybridized carbons (Fsp3) is 0.263. The van der Waals surface area contributed by atoms with Crippen LogP contribution >= 0.6 is 51.3 Å². The molecule has 0 fully saturated rings. The maximum atomic E-state index is 13.2. The molecule has 144 valence electrons. The van der Waals surface area contributed by atoms with Crippen molar-refractivity contribution >= 4 is 72.5 Å². The van der Waals surface area contributed by atoms with E-state index in [2.05, 4.69) is 20.8 Å². The summed E-state index contributed by atoms with van der Waals surface area (Å²) in [5, 5.41) is 1.38. The van der Waals surface area contributed by atoms with Crippen molar-refractivity contribution < 1.29 is 4.79 Å². The highest BCUT2D eigenvalue weighted by Crippen LogP contribution is 2.33. The second-order valence-corrected chi connectivity index (χ2v) is 8.70. The zero-order valence-corrected chi connectivity index (χ0v) is 19.2. The first-order chi connectivity index (χ1) is 12.3. The number of carbonyl (C=O) groups is 1. The quantitative estimate of drug-likeness (QED) is 0.465. The Hall–Kier alpha value is -1.18. The van der Waals surface area contributed by atoms with Crippen molar-refractivity contribution in [3.63, 3.8) is 0 Å². The molecule has 0 bridgehead atoms. The summed E-state index contributed by atoms with van der Waals surface area (Å²) in [5.74, 6) is -0.0593. The van der Waals surface area contributed by atoms with Crippen LogP contribution < -0.4 is 4.90 Å². The highest BCUT2D eigenvalue weighted by molar-refractivity contribution is 9.10. The van der Waals surface area contributed by atoms with Crippen LogP contribution in [0.2, 0.25) is 5.02 Å². The molecule has 0 aliphatic carbocycles. The molecule has 0 spiro atoms. The van der Waals surface area contributed by atoms with Gasteiger partial charge in [-0.05, 0) is 56.9 Å².